The van der Waals surface area contributed by atoms with Crippen molar-refractivity contribution < 1.29 is 14.4 Å². The summed E-state index contributed by atoms with van der Waals surface area (Å²) in [5, 5.41) is 9.51. The Morgan fingerprint density at radius 1 is 1.14 bits per heavy atom. The van der Waals surface area contributed by atoms with Gasteiger partial charge in [0.25, 0.3) is 0 Å². The molecule has 0 spiro atoms. The number of carbonyl (C=O) groups excluding carboxylic acids is 3. The monoisotopic (exact) mass is 383 g/mol. The Morgan fingerprint density at radius 3 is 2.57 bits per heavy atom. The Morgan fingerprint density at radius 2 is 1.93 bits per heavy atom. The van der Waals surface area contributed by atoms with Gasteiger partial charge in [-0.1, -0.05) is 6.07 Å². The average Bonchev–Trinajstić information content (AvgIpc) is 3.21. The van der Waals surface area contributed by atoms with E-state index in [1.54, 1.807) is 21.7 Å². The van der Waals surface area contributed by atoms with E-state index in [0.29, 0.717) is 31.7 Å². The number of benzene rings is 1. The van der Waals surface area contributed by atoms with E-state index in [4.69, 9.17) is 0 Å². The number of nitrogens with one attached hydrogen (secondary N) is 2. The van der Waals surface area contributed by atoms with Crippen LogP contribution in [0.2, 0.25) is 0 Å². The predicted octanol–water partition coefficient (Wildman–Crippen LogP) is 1.69. The zero-order valence-electron chi connectivity index (χ0n) is 16.4. The highest BCUT2D eigenvalue weighted by molar-refractivity contribution is 6.39. The Bertz CT molecular complexity index is 919. The Kier molecular flexibility index (Phi) is 5.77. The van der Waals surface area contributed by atoms with E-state index in [1.807, 2.05) is 32.9 Å². The fourth-order valence-electron chi connectivity index (χ4n) is 3.33. The number of carbonyl (C=O) groups is 3. The molecule has 1 aromatic heterocycles. The molecule has 8 nitrogen and oxygen atoms in total. The molecule has 2 heterocycles. The third kappa shape index (κ3) is 4.39. The van der Waals surface area contributed by atoms with Gasteiger partial charge in [-0.25, -0.2) is 0 Å². The topological polar surface area (TPSA) is 96.3 Å². The molecule has 0 aliphatic carbocycles. The second-order valence-electron chi connectivity index (χ2n) is 7.01. The minimum Gasteiger partial charge on any atom is -0.346 e. The fourth-order valence-corrected chi connectivity index (χ4v) is 3.33. The molecule has 148 valence electrons. The van der Waals surface area contributed by atoms with E-state index < -0.39 is 11.8 Å². The summed E-state index contributed by atoms with van der Waals surface area (Å²) in [5.74, 6) is -1.37. The van der Waals surface area contributed by atoms with Crippen LogP contribution in [0.25, 0.3) is 0 Å². The van der Waals surface area contributed by atoms with Crippen LogP contribution in [0.3, 0.4) is 0 Å². The van der Waals surface area contributed by atoms with Gasteiger partial charge in [0.1, 0.15) is 0 Å². The zero-order chi connectivity index (χ0) is 20.3. The first kappa shape index (κ1) is 19.6. The standard InChI is InChI=1S/C20H25N5O3/c1-13-6-7-16(12-17(13)24-9-4-5-18(24)26)22-20(28)19(27)21-8-10-25-15(3)11-14(2)23-25/h6-7,11-12H,4-5,8-10H2,1-3H3,(H,21,27)(H,22,28). The van der Waals surface area contributed by atoms with Gasteiger partial charge in [-0.05, 0) is 51.0 Å². The Labute approximate surface area is 163 Å². The zero-order valence-corrected chi connectivity index (χ0v) is 16.4. The van der Waals surface area contributed by atoms with Crippen molar-refractivity contribution in [3.8, 4) is 0 Å². The molecule has 2 N–H and O–H groups in total. The Balaban J connectivity index is 1.57. The molecule has 0 atom stereocenters. The summed E-state index contributed by atoms with van der Waals surface area (Å²) in [5.41, 5.74) is 4.11. The third-order valence-electron chi connectivity index (χ3n) is 4.75. The molecule has 0 radical (unpaired) electrons. The quantitative estimate of drug-likeness (QED) is 0.768. The molecule has 1 fully saturated rings. The largest absolute Gasteiger partial charge is 0.346 e. The smallest absolute Gasteiger partial charge is 0.313 e. The molecule has 1 saturated heterocycles. The molecule has 3 rings (SSSR count). The van der Waals surface area contributed by atoms with Gasteiger partial charge in [0.2, 0.25) is 5.91 Å². The molecule has 3 amide bonds. The maximum Gasteiger partial charge on any atom is 0.313 e. The van der Waals surface area contributed by atoms with Gasteiger partial charge in [-0.3, -0.25) is 19.1 Å². The molecule has 0 bridgehead atoms. The number of hydrogen-bond donors (Lipinski definition) is 2. The molecule has 1 aromatic carbocycles. The molecule has 1 aliphatic rings. The second-order valence-corrected chi connectivity index (χ2v) is 7.01. The first-order valence-electron chi connectivity index (χ1n) is 9.36. The van der Waals surface area contributed by atoms with Crippen molar-refractivity contribution in [3.05, 3.63) is 41.2 Å². The van der Waals surface area contributed by atoms with E-state index in [-0.39, 0.29) is 5.91 Å². The molecule has 2 aromatic rings. The summed E-state index contributed by atoms with van der Waals surface area (Å²) in [6, 6.07) is 7.24. The van der Waals surface area contributed by atoms with Crippen molar-refractivity contribution in [2.45, 2.75) is 40.2 Å². The van der Waals surface area contributed by atoms with Crippen molar-refractivity contribution in [2.24, 2.45) is 0 Å². The Hall–Kier alpha value is -3.16. The van der Waals surface area contributed by atoms with Gasteiger partial charge in [-0.2, -0.15) is 5.10 Å². The van der Waals surface area contributed by atoms with E-state index in [2.05, 4.69) is 15.7 Å². The van der Waals surface area contributed by atoms with E-state index in [9.17, 15) is 14.4 Å². The highest BCUT2D eigenvalue weighted by atomic mass is 16.2. The van der Waals surface area contributed by atoms with Crippen LogP contribution < -0.4 is 15.5 Å². The summed E-state index contributed by atoms with van der Waals surface area (Å²) in [6.45, 7) is 7.22. The third-order valence-corrected chi connectivity index (χ3v) is 4.75. The number of hydrogen-bond acceptors (Lipinski definition) is 4. The van der Waals surface area contributed by atoms with Gasteiger partial charge >= 0.3 is 11.8 Å². The molecule has 0 saturated carbocycles. The van der Waals surface area contributed by atoms with Crippen molar-refractivity contribution >= 4 is 29.1 Å². The number of amides is 3. The minimum absolute atomic E-state index is 0.0773. The van der Waals surface area contributed by atoms with Crippen LogP contribution in [-0.2, 0) is 20.9 Å². The predicted molar refractivity (Wildman–Crippen MR) is 106 cm³/mol. The molecule has 28 heavy (non-hydrogen) atoms. The molecule has 8 heteroatoms. The van der Waals surface area contributed by atoms with Crippen molar-refractivity contribution in [2.75, 3.05) is 23.3 Å². The van der Waals surface area contributed by atoms with Gasteiger partial charge in [0, 0.05) is 36.6 Å². The maximum atomic E-state index is 12.2. The minimum atomic E-state index is -0.740. The lowest BCUT2D eigenvalue weighted by atomic mass is 10.1. The van der Waals surface area contributed by atoms with Crippen LogP contribution in [0.1, 0.15) is 29.8 Å². The first-order chi connectivity index (χ1) is 13.3. The molecular weight excluding hydrogens is 358 g/mol. The van der Waals surface area contributed by atoms with Gasteiger partial charge < -0.3 is 15.5 Å². The number of aromatic nitrogens is 2. The van der Waals surface area contributed by atoms with Gasteiger partial charge in [0.05, 0.1) is 12.2 Å². The summed E-state index contributed by atoms with van der Waals surface area (Å²) in [4.78, 5) is 38.0. The van der Waals surface area contributed by atoms with Crippen LogP contribution in [0.5, 0.6) is 0 Å². The number of aryl methyl sites for hydroxylation is 3. The van der Waals surface area contributed by atoms with Crippen LogP contribution in [0.15, 0.2) is 24.3 Å². The van der Waals surface area contributed by atoms with Crippen LogP contribution >= 0.6 is 0 Å². The van der Waals surface area contributed by atoms with Crippen molar-refractivity contribution in [3.63, 3.8) is 0 Å². The summed E-state index contributed by atoms with van der Waals surface area (Å²) in [6.07, 6.45) is 1.36. The van der Waals surface area contributed by atoms with E-state index >= 15 is 0 Å². The summed E-state index contributed by atoms with van der Waals surface area (Å²) >= 11 is 0. The lowest BCUT2D eigenvalue weighted by molar-refractivity contribution is -0.136. The van der Waals surface area contributed by atoms with Gasteiger partial charge in [-0.15, -0.1) is 0 Å². The van der Waals surface area contributed by atoms with E-state index in [1.165, 1.54) is 0 Å². The molecular formula is C20H25N5O3. The average molecular weight is 383 g/mol. The summed E-state index contributed by atoms with van der Waals surface area (Å²) in [7, 11) is 0. The number of anilines is 2. The number of rotatable bonds is 5. The fraction of sp³-hybridized carbons (Fsp3) is 0.400. The normalized spacial score (nSPS) is 13.7. The van der Waals surface area contributed by atoms with Crippen LogP contribution in [-0.4, -0.2) is 40.6 Å². The van der Waals surface area contributed by atoms with Crippen molar-refractivity contribution in [1.29, 1.82) is 0 Å². The first-order valence-corrected chi connectivity index (χ1v) is 9.36. The molecule has 1 aliphatic heterocycles. The number of nitrogens with zero attached hydrogens (tertiary/aromatic N) is 3. The van der Waals surface area contributed by atoms with E-state index in [0.717, 1.165) is 29.1 Å². The van der Waals surface area contributed by atoms with Gasteiger partial charge in [0.15, 0.2) is 0 Å². The highest BCUT2D eigenvalue weighted by Crippen LogP contribution is 2.28. The SMILES string of the molecule is Cc1cc(C)n(CCNC(=O)C(=O)Nc2ccc(C)c(N3CCCC3=O)c2)n1. The van der Waals surface area contributed by atoms with Crippen LogP contribution in [0, 0.1) is 20.8 Å². The lowest BCUT2D eigenvalue weighted by Gasteiger charge is -2.19. The molecule has 0 unspecified atom stereocenters. The highest BCUT2D eigenvalue weighted by Gasteiger charge is 2.23. The van der Waals surface area contributed by atoms with Crippen LogP contribution in [0.4, 0.5) is 11.4 Å². The van der Waals surface area contributed by atoms with Crippen molar-refractivity contribution in [1.82, 2.24) is 15.1 Å². The second kappa shape index (κ2) is 8.24. The summed E-state index contributed by atoms with van der Waals surface area (Å²) < 4.78 is 1.78. The maximum absolute atomic E-state index is 12.2. The lowest BCUT2D eigenvalue weighted by Crippen LogP contribution is -2.37.